The standard InChI is InChI=1S/C9H6N4O4S/c14-12(15)8-7(9(11-10-8)13(16)17)18-6-4-2-1-3-5-6/h1-5H,(H,10,11). The molecule has 0 atom stereocenters. The van der Waals surface area contributed by atoms with E-state index >= 15 is 0 Å². The number of H-pyrrole nitrogens is 1. The molecule has 0 aliphatic heterocycles. The molecule has 1 aromatic heterocycles. The lowest BCUT2D eigenvalue weighted by Crippen LogP contribution is -1.92. The van der Waals surface area contributed by atoms with E-state index in [-0.39, 0.29) is 4.90 Å². The Morgan fingerprint density at radius 2 is 1.78 bits per heavy atom. The largest absolute Gasteiger partial charge is 0.434 e. The molecule has 0 aliphatic carbocycles. The molecule has 0 saturated heterocycles. The van der Waals surface area contributed by atoms with Crippen LogP contribution in [0.2, 0.25) is 0 Å². The number of nitrogens with zero attached hydrogens (tertiary/aromatic N) is 3. The van der Waals surface area contributed by atoms with Gasteiger partial charge in [-0.05, 0) is 27.1 Å². The second-order valence-corrected chi connectivity index (χ2v) is 4.24. The normalized spacial score (nSPS) is 10.2. The molecule has 9 heteroatoms. The first-order valence-electron chi connectivity index (χ1n) is 4.69. The summed E-state index contributed by atoms with van der Waals surface area (Å²) >= 11 is 0.927. The van der Waals surface area contributed by atoms with E-state index in [2.05, 4.69) is 10.2 Å². The van der Waals surface area contributed by atoms with Crippen molar-refractivity contribution < 1.29 is 9.85 Å². The van der Waals surface area contributed by atoms with Crippen molar-refractivity contribution in [2.45, 2.75) is 9.79 Å². The molecule has 0 radical (unpaired) electrons. The van der Waals surface area contributed by atoms with Crippen LogP contribution in [0.5, 0.6) is 0 Å². The zero-order valence-corrected chi connectivity index (χ0v) is 9.59. The van der Waals surface area contributed by atoms with Gasteiger partial charge in [-0.1, -0.05) is 30.0 Å². The molecule has 1 N–H and O–H groups in total. The Balaban J connectivity index is 2.44. The van der Waals surface area contributed by atoms with Gasteiger partial charge < -0.3 is 20.2 Å². The maximum atomic E-state index is 10.7. The lowest BCUT2D eigenvalue weighted by atomic mass is 10.4. The van der Waals surface area contributed by atoms with Crippen LogP contribution in [0, 0.1) is 20.2 Å². The van der Waals surface area contributed by atoms with Crippen molar-refractivity contribution in [3.63, 3.8) is 0 Å². The number of nitrogens with one attached hydrogen (secondary N) is 1. The van der Waals surface area contributed by atoms with E-state index in [1.807, 2.05) is 0 Å². The molecule has 8 nitrogen and oxygen atoms in total. The molecule has 0 aliphatic rings. The maximum absolute atomic E-state index is 10.7. The number of benzene rings is 1. The van der Waals surface area contributed by atoms with Crippen LogP contribution in [0.25, 0.3) is 0 Å². The van der Waals surface area contributed by atoms with Crippen molar-refractivity contribution in [1.82, 2.24) is 10.2 Å². The van der Waals surface area contributed by atoms with Gasteiger partial charge in [0.1, 0.15) is 5.10 Å². The highest BCUT2D eigenvalue weighted by Crippen LogP contribution is 2.39. The van der Waals surface area contributed by atoms with Gasteiger partial charge in [0.15, 0.2) is 0 Å². The lowest BCUT2D eigenvalue weighted by molar-refractivity contribution is -0.399. The maximum Gasteiger partial charge on any atom is 0.434 e. The third-order valence-corrected chi connectivity index (χ3v) is 3.09. The van der Waals surface area contributed by atoms with Crippen LogP contribution < -0.4 is 0 Å². The molecule has 1 aromatic carbocycles. The zero-order valence-electron chi connectivity index (χ0n) is 8.77. The second kappa shape index (κ2) is 4.84. The molecule has 0 fully saturated rings. The third-order valence-electron chi connectivity index (χ3n) is 2.00. The Bertz CT molecular complexity index is 566. The van der Waals surface area contributed by atoms with Crippen molar-refractivity contribution in [2.75, 3.05) is 0 Å². The Kier molecular flexibility index (Phi) is 3.24. The van der Waals surface area contributed by atoms with Gasteiger partial charge in [0.05, 0.1) is 0 Å². The van der Waals surface area contributed by atoms with Crippen LogP contribution in [0.3, 0.4) is 0 Å². The van der Waals surface area contributed by atoms with Crippen LogP contribution in [-0.2, 0) is 0 Å². The molecule has 2 rings (SSSR count). The van der Waals surface area contributed by atoms with E-state index in [1.54, 1.807) is 30.3 Å². The van der Waals surface area contributed by atoms with Gasteiger partial charge in [0.25, 0.3) is 0 Å². The van der Waals surface area contributed by atoms with E-state index in [0.717, 1.165) is 11.8 Å². The minimum Gasteiger partial charge on any atom is -0.358 e. The SMILES string of the molecule is O=[N+]([O-])c1n[nH]c([N+](=O)[O-])c1Sc1ccccc1. The van der Waals surface area contributed by atoms with Gasteiger partial charge in [-0.15, -0.1) is 0 Å². The van der Waals surface area contributed by atoms with Gasteiger partial charge in [0, 0.05) is 4.90 Å². The van der Waals surface area contributed by atoms with Gasteiger partial charge in [0.2, 0.25) is 4.90 Å². The Morgan fingerprint density at radius 1 is 1.11 bits per heavy atom. The molecule has 2 aromatic rings. The summed E-state index contributed by atoms with van der Waals surface area (Å²) in [7, 11) is 0. The number of aromatic nitrogens is 2. The Morgan fingerprint density at radius 3 is 2.33 bits per heavy atom. The summed E-state index contributed by atoms with van der Waals surface area (Å²) in [4.78, 5) is 20.6. The van der Waals surface area contributed by atoms with Crippen molar-refractivity contribution >= 4 is 23.4 Å². The van der Waals surface area contributed by atoms with Crippen molar-refractivity contribution in [3.8, 4) is 0 Å². The van der Waals surface area contributed by atoms with Gasteiger partial charge >= 0.3 is 11.6 Å². The third kappa shape index (κ3) is 2.30. The monoisotopic (exact) mass is 266 g/mol. The Hall–Kier alpha value is -2.42. The fourth-order valence-electron chi connectivity index (χ4n) is 1.26. The number of hydrogen-bond donors (Lipinski definition) is 1. The fraction of sp³-hybridized carbons (Fsp3) is 0. The summed E-state index contributed by atoms with van der Waals surface area (Å²) in [5.41, 5.74) is 0. The molecule has 0 spiro atoms. The molecule has 92 valence electrons. The van der Waals surface area contributed by atoms with Gasteiger partial charge in [-0.3, -0.25) is 0 Å². The smallest absolute Gasteiger partial charge is 0.358 e. The summed E-state index contributed by atoms with van der Waals surface area (Å²) in [5.74, 6) is -1.02. The fourth-order valence-corrected chi connectivity index (χ4v) is 2.22. The summed E-state index contributed by atoms with van der Waals surface area (Å²) in [5, 5.41) is 26.9. The minimum absolute atomic E-state index is 0.101. The molecule has 0 amide bonds. The van der Waals surface area contributed by atoms with Gasteiger partial charge in [-0.25, -0.2) is 0 Å². The highest BCUT2D eigenvalue weighted by molar-refractivity contribution is 7.99. The predicted octanol–water partition coefficient (Wildman–Crippen LogP) is 2.38. The predicted molar refractivity (Wildman–Crippen MR) is 62.5 cm³/mol. The average Bonchev–Trinajstić information content (AvgIpc) is 2.74. The number of hydrogen-bond acceptors (Lipinski definition) is 6. The molecule has 0 bridgehead atoms. The van der Waals surface area contributed by atoms with E-state index < -0.39 is 21.5 Å². The van der Waals surface area contributed by atoms with Crippen LogP contribution >= 0.6 is 11.8 Å². The topological polar surface area (TPSA) is 115 Å². The number of nitro groups is 2. The molecular formula is C9H6N4O4S. The highest BCUT2D eigenvalue weighted by atomic mass is 32.2. The Labute approximate surface area is 104 Å². The first-order chi connectivity index (χ1) is 8.59. The van der Waals surface area contributed by atoms with Crippen molar-refractivity contribution in [3.05, 3.63) is 50.6 Å². The van der Waals surface area contributed by atoms with E-state index in [4.69, 9.17) is 0 Å². The first-order valence-corrected chi connectivity index (χ1v) is 5.51. The van der Waals surface area contributed by atoms with Crippen LogP contribution in [-0.4, -0.2) is 20.0 Å². The van der Waals surface area contributed by atoms with E-state index in [1.165, 1.54) is 0 Å². The number of aromatic amines is 1. The van der Waals surface area contributed by atoms with E-state index in [0.29, 0.717) is 4.90 Å². The van der Waals surface area contributed by atoms with Gasteiger partial charge in [-0.2, -0.15) is 0 Å². The first kappa shape index (κ1) is 12.0. The quantitative estimate of drug-likeness (QED) is 0.671. The summed E-state index contributed by atoms with van der Waals surface area (Å²) in [6, 6.07) is 8.65. The van der Waals surface area contributed by atoms with Crippen LogP contribution in [0.15, 0.2) is 40.1 Å². The lowest BCUT2D eigenvalue weighted by Gasteiger charge is -1.98. The average molecular weight is 266 g/mol. The number of rotatable bonds is 4. The highest BCUT2D eigenvalue weighted by Gasteiger charge is 2.32. The molecule has 1 heterocycles. The molecule has 0 saturated carbocycles. The minimum atomic E-state index is -0.755. The van der Waals surface area contributed by atoms with E-state index in [9.17, 15) is 20.2 Å². The van der Waals surface area contributed by atoms with Crippen LogP contribution in [0.1, 0.15) is 0 Å². The molecule has 18 heavy (non-hydrogen) atoms. The summed E-state index contributed by atoms with van der Waals surface area (Å²) in [6.07, 6.45) is 0. The van der Waals surface area contributed by atoms with Crippen molar-refractivity contribution in [1.29, 1.82) is 0 Å². The molecular weight excluding hydrogens is 260 g/mol. The summed E-state index contributed by atoms with van der Waals surface area (Å²) in [6.45, 7) is 0. The zero-order chi connectivity index (χ0) is 13.1. The summed E-state index contributed by atoms with van der Waals surface area (Å²) < 4.78 is 0. The second-order valence-electron chi connectivity index (χ2n) is 3.15. The molecule has 0 unspecified atom stereocenters. The van der Waals surface area contributed by atoms with Crippen molar-refractivity contribution in [2.24, 2.45) is 0 Å². The van der Waals surface area contributed by atoms with Crippen LogP contribution in [0.4, 0.5) is 11.6 Å².